The molecule has 0 aromatic heterocycles. The molecule has 0 unspecified atom stereocenters. The summed E-state index contributed by atoms with van der Waals surface area (Å²) in [5.41, 5.74) is 2.85. The summed E-state index contributed by atoms with van der Waals surface area (Å²) in [6.45, 7) is 1.37. The second kappa shape index (κ2) is 6.45. The van der Waals surface area contributed by atoms with Crippen molar-refractivity contribution in [3.05, 3.63) is 24.3 Å². The highest BCUT2D eigenvalue weighted by molar-refractivity contribution is 7.89. The quantitative estimate of drug-likeness (QED) is 0.459. The van der Waals surface area contributed by atoms with Crippen LogP contribution in [0.15, 0.2) is 29.2 Å². The first-order chi connectivity index (χ1) is 8.85. The smallest absolute Gasteiger partial charge is 0.257 e. The molecule has 0 aliphatic carbocycles. The lowest BCUT2D eigenvalue weighted by Gasteiger charge is -2.10. The average Bonchev–Trinajstić information content (AvgIpc) is 2.36. The molecule has 7 nitrogen and oxygen atoms in total. The molecule has 19 heavy (non-hydrogen) atoms. The molecule has 1 amide bonds. The third-order valence-corrected chi connectivity index (χ3v) is 3.58. The van der Waals surface area contributed by atoms with Crippen LogP contribution in [-0.2, 0) is 14.8 Å². The van der Waals surface area contributed by atoms with Gasteiger partial charge in [0, 0.05) is 19.7 Å². The normalized spacial score (nSPS) is 10.6. The van der Waals surface area contributed by atoms with Crippen LogP contribution in [0.3, 0.4) is 0 Å². The van der Waals surface area contributed by atoms with E-state index in [1.54, 1.807) is 7.05 Å². The van der Waals surface area contributed by atoms with E-state index >= 15 is 0 Å². The standard InChI is InChI=1S/C10H14N4O3S2/c1-7(15)12-8-3-5-9(6-4-8)19(16,17)14-13-10(18)11-2/h3-6,14H,1-2H3,(H,12,15)(H2,11,13,18). The van der Waals surface area contributed by atoms with Gasteiger partial charge in [0.05, 0.1) is 4.90 Å². The van der Waals surface area contributed by atoms with Crippen molar-refractivity contribution in [2.45, 2.75) is 11.8 Å². The molecule has 4 N–H and O–H groups in total. The summed E-state index contributed by atoms with van der Waals surface area (Å²) < 4.78 is 23.7. The van der Waals surface area contributed by atoms with Crippen molar-refractivity contribution in [3.8, 4) is 0 Å². The molecular formula is C10H14N4O3S2. The fourth-order valence-corrected chi connectivity index (χ4v) is 2.12. The number of anilines is 1. The van der Waals surface area contributed by atoms with E-state index in [1.165, 1.54) is 31.2 Å². The summed E-state index contributed by atoms with van der Waals surface area (Å²) in [6.07, 6.45) is 0. The molecular weight excluding hydrogens is 288 g/mol. The lowest BCUT2D eigenvalue weighted by Crippen LogP contribution is -2.45. The first-order valence-corrected chi connectivity index (χ1v) is 7.11. The van der Waals surface area contributed by atoms with Gasteiger partial charge >= 0.3 is 0 Å². The number of benzene rings is 1. The second-order valence-electron chi connectivity index (χ2n) is 3.52. The maximum atomic E-state index is 11.8. The van der Waals surface area contributed by atoms with Crippen molar-refractivity contribution in [2.24, 2.45) is 0 Å². The van der Waals surface area contributed by atoms with E-state index in [4.69, 9.17) is 12.2 Å². The molecule has 0 radical (unpaired) electrons. The van der Waals surface area contributed by atoms with Gasteiger partial charge in [0.2, 0.25) is 5.91 Å². The van der Waals surface area contributed by atoms with Gasteiger partial charge in [-0.2, -0.15) is 0 Å². The van der Waals surface area contributed by atoms with Crippen LogP contribution in [0.2, 0.25) is 0 Å². The summed E-state index contributed by atoms with van der Waals surface area (Å²) >= 11 is 4.74. The van der Waals surface area contributed by atoms with Crippen LogP contribution in [0.1, 0.15) is 6.92 Å². The van der Waals surface area contributed by atoms with Gasteiger partial charge < -0.3 is 10.6 Å². The van der Waals surface area contributed by atoms with Gasteiger partial charge in [0.1, 0.15) is 0 Å². The molecule has 1 aromatic rings. The number of hydrazine groups is 1. The lowest BCUT2D eigenvalue weighted by molar-refractivity contribution is -0.114. The van der Waals surface area contributed by atoms with E-state index in [-0.39, 0.29) is 15.9 Å². The Morgan fingerprint density at radius 3 is 2.26 bits per heavy atom. The van der Waals surface area contributed by atoms with Crippen LogP contribution in [0.5, 0.6) is 0 Å². The highest BCUT2D eigenvalue weighted by Crippen LogP contribution is 2.13. The molecule has 0 spiro atoms. The zero-order valence-corrected chi connectivity index (χ0v) is 12.0. The molecule has 0 saturated heterocycles. The molecule has 0 aliphatic rings. The topological polar surface area (TPSA) is 99.3 Å². The SMILES string of the molecule is CNC(=S)NNS(=O)(=O)c1ccc(NC(C)=O)cc1. The predicted molar refractivity (Wildman–Crippen MR) is 75.9 cm³/mol. The average molecular weight is 302 g/mol. The predicted octanol–water partition coefficient (Wildman–Crippen LogP) is -0.0678. The van der Waals surface area contributed by atoms with Gasteiger partial charge in [-0.05, 0) is 36.5 Å². The largest absolute Gasteiger partial charge is 0.365 e. The molecule has 0 aliphatic heterocycles. The zero-order valence-electron chi connectivity index (χ0n) is 10.4. The van der Waals surface area contributed by atoms with E-state index in [9.17, 15) is 13.2 Å². The number of sulfonamides is 1. The monoisotopic (exact) mass is 302 g/mol. The summed E-state index contributed by atoms with van der Waals surface area (Å²) in [5.74, 6) is -0.227. The Kier molecular flexibility index (Phi) is 5.21. The van der Waals surface area contributed by atoms with Crippen LogP contribution >= 0.6 is 12.2 Å². The fraction of sp³-hybridized carbons (Fsp3) is 0.200. The number of thiocarbonyl (C=S) groups is 1. The minimum absolute atomic E-state index is 0.0491. The highest BCUT2D eigenvalue weighted by Gasteiger charge is 2.13. The van der Waals surface area contributed by atoms with E-state index in [0.29, 0.717) is 5.69 Å². The van der Waals surface area contributed by atoms with Gasteiger partial charge in [0.25, 0.3) is 10.0 Å². The third kappa shape index (κ3) is 4.81. The highest BCUT2D eigenvalue weighted by atomic mass is 32.2. The third-order valence-electron chi connectivity index (χ3n) is 2.01. The van der Waals surface area contributed by atoms with Crippen molar-refractivity contribution in [3.63, 3.8) is 0 Å². The molecule has 0 heterocycles. The summed E-state index contributed by atoms with van der Waals surface area (Å²) in [5, 5.41) is 5.26. The Balaban J connectivity index is 2.79. The van der Waals surface area contributed by atoms with Crippen molar-refractivity contribution in [1.82, 2.24) is 15.6 Å². The van der Waals surface area contributed by atoms with E-state index in [0.717, 1.165) is 0 Å². The van der Waals surface area contributed by atoms with Gasteiger partial charge in [-0.1, -0.05) is 0 Å². The Hall–Kier alpha value is -1.71. The first-order valence-electron chi connectivity index (χ1n) is 5.22. The molecule has 0 saturated carbocycles. The number of nitrogens with one attached hydrogen (secondary N) is 4. The summed E-state index contributed by atoms with van der Waals surface area (Å²) in [4.78, 5) is 13.0. The first kappa shape index (κ1) is 15.3. The van der Waals surface area contributed by atoms with E-state index < -0.39 is 10.0 Å². The fourth-order valence-electron chi connectivity index (χ4n) is 1.16. The van der Waals surface area contributed by atoms with Crippen molar-refractivity contribution in [1.29, 1.82) is 0 Å². The zero-order chi connectivity index (χ0) is 14.5. The number of rotatable bonds is 4. The number of hydrogen-bond donors (Lipinski definition) is 4. The number of carbonyl (C=O) groups is 1. The lowest BCUT2D eigenvalue weighted by atomic mass is 10.3. The van der Waals surface area contributed by atoms with Crippen LogP contribution in [-0.4, -0.2) is 26.5 Å². The van der Waals surface area contributed by atoms with Gasteiger partial charge in [-0.3, -0.25) is 10.2 Å². The van der Waals surface area contributed by atoms with Gasteiger partial charge in [-0.25, -0.2) is 8.42 Å². The molecule has 9 heteroatoms. The van der Waals surface area contributed by atoms with Crippen LogP contribution in [0.25, 0.3) is 0 Å². The molecule has 104 valence electrons. The Morgan fingerprint density at radius 1 is 1.21 bits per heavy atom. The second-order valence-corrected chi connectivity index (χ2v) is 5.61. The van der Waals surface area contributed by atoms with Crippen molar-refractivity contribution < 1.29 is 13.2 Å². The van der Waals surface area contributed by atoms with E-state index in [1.807, 2.05) is 0 Å². The van der Waals surface area contributed by atoms with Gasteiger partial charge in [-0.15, -0.1) is 4.83 Å². The minimum Gasteiger partial charge on any atom is -0.365 e. The van der Waals surface area contributed by atoms with Crippen LogP contribution < -0.4 is 20.9 Å². The van der Waals surface area contributed by atoms with Crippen molar-refractivity contribution >= 4 is 38.9 Å². The maximum Gasteiger partial charge on any atom is 0.257 e. The Bertz CT molecular complexity index is 569. The summed E-state index contributed by atoms with van der Waals surface area (Å²) in [7, 11) is -2.15. The number of carbonyl (C=O) groups excluding carboxylic acids is 1. The van der Waals surface area contributed by atoms with Crippen LogP contribution in [0, 0.1) is 0 Å². The molecule has 0 atom stereocenters. The van der Waals surface area contributed by atoms with Crippen molar-refractivity contribution in [2.75, 3.05) is 12.4 Å². The van der Waals surface area contributed by atoms with E-state index in [2.05, 4.69) is 20.9 Å². The number of hydrogen-bond acceptors (Lipinski definition) is 4. The molecule has 0 bridgehead atoms. The Labute approximate surface area is 116 Å². The molecule has 0 fully saturated rings. The minimum atomic E-state index is -3.71. The molecule has 1 rings (SSSR count). The van der Waals surface area contributed by atoms with Crippen LogP contribution in [0.4, 0.5) is 5.69 Å². The number of amides is 1. The maximum absolute atomic E-state index is 11.8. The van der Waals surface area contributed by atoms with Gasteiger partial charge in [0.15, 0.2) is 5.11 Å². The summed E-state index contributed by atoms with van der Waals surface area (Å²) in [6, 6.07) is 5.73. The molecule has 1 aromatic carbocycles. The Morgan fingerprint density at radius 2 is 1.79 bits per heavy atom.